The number of hydrogen-bond acceptors (Lipinski definition) is 7. The average Bonchev–Trinajstić information content (AvgIpc) is 2.67. The third-order valence-corrected chi connectivity index (χ3v) is 4.79. The number of hydrogen-bond donors (Lipinski definition) is 0. The molecule has 0 radical (unpaired) electrons. The van der Waals surface area contributed by atoms with E-state index in [9.17, 15) is 9.59 Å². The molecule has 0 aliphatic carbocycles. The zero-order valence-electron chi connectivity index (χ0n) is 16.6. The lowest BCUT2D eigenvalue weighted by molar-refractivity contribution is -0.146. The van der Waals surface area contributed by atoms with E-state index in [0.29, 0.717) is 41.7 Å². The molecule has 7 nitrogen and oxygen atoms in total. The van der Waals surface area contributed by atoms with Crippen molar-refractivity contribution in [3.63, 3.8) is 0 Å². The van der Waals surface area contributed by atoms with Gasteiger partial charge in [-0.2, -0.15) is 0 Å². The van der Waals surface area contributed by atoms with E-state index in [1.54, 1.807) is 33.8 Å². The molecule has 2 aliphatic heterocycles. The molecule has 7 heteroatoms. The summed E-state index contributed by atoms with van der Waals surface area (Å²) in [5.41, 5.74) is 2.25. The Morgan fingerprint density at radius 1 is 1.07 bits per heavy atom. The number of ether oxygens (including phenoxy) is 4. The zero-order chi connectivity index (χ0) is 20.3. The fourth-order valence-electron chi connectivity index (χ4n) is 3.66. The van der Waals surface area contributed by atoms with Gasteiger partial charge >= 0.3 is 11.9 Å². The molecule has 2 unspecified atom stereocenters. The van der Waals surface area contributed by atoms with Crippen molar-refractivity contribution < 1.29 is 28.5 Å². The van der Waals surface area contributed by atoms with Crippen LogP contribution in [0.15, 0.2) is 34.5 Å². The molecule has 2 atom stereocenters. The third-order valence-electron chi connectivity index (χ3n) is 4.79. The van der Waals surface area contributed by atoms with Crippen LogP contribution in [0.3, 0.4) is 0 Å². The van der Waals surface area contributed by atoms with Crippen LogP contribution >= 0.6 is 0 Å². The van der Waals surface area contributed by atoms with Crippen LogP contribution in [0.4, 0.5) is 0 Å². The monoisotopic (exact) mass is 387 g/mol. The summed E-state index contributed by atoms with van der Waals surface area (Å²) < 4.78 is 21.8. The van der Waals surface area contributed by atoms with Crippen molar-refractivity contribution in [1.82, 2.24) is 0 Å². The summed E-state index contributed by atoms with van der Waals surface area (Å²) in [7, 11) is 0. The van der Waals surface area contributed by atoms with Crippen molar-refractivity contribution in [2.45, 2.75) is 33.6 Å². The molecular weight excluding hydrogens is 362 g/mol. The number of aliphatic imine (C=N–C) groups is 1. The van der Waals surface area contributed by atoms with Crippen LogP contribution in [0, 0.1) is 5.92 Å². The molecule has 1 aromatic carbocycles. The molecular formula is C21H25NO6. The standard InChI is InChI=1S/C21H25NO6/c1-5-25-20(23)17-12(3)22-13(4)18(21(24)26-6-2)19(17)14-7-8-15-16(11-14)28-10-9-27-15/h7-8,11,17,19H,5-6,9-10H2,1-4H3. The van der Waals surface area contributed by atoms with E-state index in [-0.39, 0.29) is 13.2 Å². The van der Waals surface area contributed by atoms with Gasteiger partial charge in [0, 0.05) is 17.3 Å². The molecule has 0 amide bonds. The van der Waals surface area contributed by atoms with Gasteiger partial charge in [-0.15, -0.1) is 0 Å². The first kappa shape index (κ1) is 19.9. The predicted molar refractivity (Wildman–Crippen MR) is 103 cm³/mol. The Labute approximate surface area is 164 Å². The number of carbonyl (C=O) groups is 2. The highest BCUT2D eigenvalue weighted by Crippen LogP contribution is 2.43. The van der Waals surface area contributed by atoms with Gasteiger partial charge in [0.2, 0.25) is 0 Å². The molecule has 2 aliphatic rings. The van der Waals surface area contributed by atoms with Gasteiger partial charge in [-0.3, -0.25) is 9.79 Å². The Morgan fingerprint density at radius 2 is 1.75 bits per heavy atom. The highest BCUT2D eigenvalue weighted by molar-refractivity contribution is 6.07. The maximum absolute atomic E-state index is 12.8. The SMILES string of the molecule is CCOC(=O)C1=C(C)N=C(C)C(C(=O)OCC)C1c1ccc2c(c1)OCCO2. The van der Waals surface area contributed by atoms with Crippen LogP contribution < -0.4 is 9.47 Å². The molecule has 3 rings (SSSR count). The lowest BCUT2D eigenvalue weighted by atomic mass is 9.75. The van der Waals surface area contributed by atoms with Crippen molar-refractivity contribution >= 4 is 17.7 Å². The number of nitrogens with zero attached hydrogens (tertiary/aromatic N) is 1. The third kappa shape index (κ3) is 3.74. The summed E-state index contributed by atoms with van der Waals surface area (Å²) in [5, 5.41) is 0. The summed E-state index contributed by atoms with van der Waals surface area (Å²) in [6.07, 6.45) is 0. The fraction of sp³-hybridized carbons (Fsp3) is 0.476. The first-order valence-corrected chi connectivity index (χ1v) is 9.47. The number of esters is 2. The zero-order valence-corrected chi connectivity index (χ0v) is 16.6. The molecule has 0 aromatic heterocycles. The number of fused-ring (bicyclic) bond motifs is 1. The minimum absolute atomic E-state index is 0.232. The molecule has 0 N–H and O–H groups in total. The Bertz CT molecular complexity index is 841. The molecule has 1 aromatic rings. The van der Waals surface area contributed by atoms with Crippen LogP contribution in [0.5, 0.6) is 11.5 Å². The maximum atomic E-state index is 12.8. The van der Waals surface area contributed by atoms with Crippen LogP contribution in [0.2, 0.25) is 0 Å². The Morgan fingerprint density at radius 3 is 2.43 bits per heavy atom. The second-order valence-electron chi connectivity index (χ2n) is 6.58. The van der Waals surface area contributed by atoms with Crippen molar-refractivity contribution in [3.05, 3.63) is 35.0 Å². The second-order valence-corrected chi connectivity index (χ2v) is 6.58. The van der Waals surface area contributed by atoms with E-state index < -0.39 is 23.8 Å². The smallest absolute Gasteiger partial charge is 0.336 e. The summed E-state index contributed by atoms with van der Waals surface area (Å²) in [6, 6.07) is 5.46. The summed E-state index contributed by atoms with van der Waals surface area (Å²) in [4.78, 5) is 30.0. The summed E-state index contributed by atoms with van der Waals surface area (Å²) in [6.45, 7) is 8.43. The van der Waals surface area contributed by atoms with Gasteiger partial charge in [-0.25, -0.2) is 4.79 Å². The Kier molecular flexibility index (Phi) is 6.02. The number of rotatable bonds is 5. The van der Waals surface area contributed by atoms with Crippen LogP contribution in [0.25, 0.3) is 0 Å². The molecule has 0 saturated carbocycles. The Hall–Kier alpha value is -2.83. The second kappa shape index (κ2) is 8.46. The topological polar surface area (TPSA) is 83.4 Å². The van der Waals surface area contributed by atoms with Crippen molar-refractivity contribution in [3.8, 4) is 11.5 Å². The molecule has 0 fully saturated rings. The fourth-order valence-corrected chi connectivity index (χ4v) is 3.66. The number of carbonyl (C=O) groups excluding carboxylic acids is 2. The number of benzene rings is 1. The average molecular weight is 387 g/mol. The molecule has 0 bridgehead atoms. The van der Waals surface area contributed by atoms with E-state index in [2.05, 4.69) is 4.99 Å². The van der Waals surface area contributed by atoms with E-state index in [1.807, 2.05) is 12.1 Å². The highest BCUT2D eigenvalue weighted by atomic mass is 16.6. The minimum Gasteiger partial charge on any atom is -0.486 e. The number of allylic oxidation sites excluding steroid dienone is 1. The van der Waals surface area contributed by atoms with Crippen LogP contribution in [0.1, 0.15) is 39.2 Å². The van der Waals surface area contributed by atoms with E-state index in [1.165, 1.54) is 0 Å². The maximum Gasteiger partial charge on any atom is 0.336 e. The van der Waals surface area contributed by atoms with E-state index >= 15 is 0 Å². The predicted octanol–water partition coefficient (Wildman–Crippen LogP) is 3.03. The van der Waals surface area contributed by atoms with E-state index in [0.717, 1.165) is 5.56 Å². The largest absolute Gasteiger partial charge is 0.486 e. The van der Waals surface area contributed by atoms with Gasteiger partial charge in [0.25, 0.3) is 0 Å². The molecule has 28 heavy (non-hydrogen) atoms. The van der Waals surface area contributed by atoms with Crippen molar-refractivity contribution in [1.29, 1.82) is 0 Å². The molecule has 0 saturated heterocycles. The van der Waals surface area contributed by atoms with Gasteiger partial charge in [0.15, 0.2) is 11.5 Å². The van der Waals surface area contributed by atoms with Crippen LogP contribution in [-0.2, 0) is 19.1 Å². The first-order valence-electron chi connectivity index (χ1n) is 9.47. The summed E-state index contributed by atoms with van der Waals surface area (Å²) >= 11 is 0. The van der Waals surface area contributed by atoms with Gasteiger partial charge in [-0.05, 0) is 45.4 Å². The molecule has 0 spiro atoms. The summed E-state index contributed by atoms with van der Waals surface area (Å²) in [5.74, 6) is -0.963. The van der Waals surface area contributed by atoms with Gasteiger partial charge < -0.3 is 18.9 Å². The van der Waals surface area contributed by atoms with E-state index in [4.69, 9.17) is 18.9 Å². The van der Waals surface area contributed by atoms with Gasteiger partial charge in [0.1, 0.15) is 19.1 Å². The van der Waals surface area contributed by atoms with Crippen molar-refractivity contribution in [2.75, 3.05) is 26.4 Å². The van der Waals surface area contributed by atoms with Crippen LogP contribution in [-0.4, -0.2) is 44.1 Å². The van der Waals surface area contributed by atoms with Crippen molar-refractivity contribution in [2.24, 2.45) is 10.9 Å². The van der Waals surface area contributed by atoms with Gasteiger partial charge in [-0.1, -0.05) is 6.07 Å². The minimum atomic E-state index is -0.717. The molecule has 2 heterocycles. The lowest BCUT2D eigenvalue weighted by Gasteiger charge is -2.32. The molecule has 150 valence electrons. The first-order chi connectivity index (χ1) is 13.5. The van der Waals surface area contributed by atoms with Gasteiger partial charge in [0.05, 0.1) is 18.8 Å². The normalized spacial score (nSPS) is 21.1. The Balaban J connectivity index is 2.13. The highest BCUT2D eigenvalue weighted by Gasteiger charge is 2.42. The quantitative estimate of drug-likeness (QED) is 0.722. The lowest BCUT2D eigenvalue weighted by Crippen LogP contribution is -2.36.